The maximum Gasteiger partial charge on any atom is 0.237 e. The molecule has 2 aliphatic heterocycles. The molecular weight excluding hydrogens is 252 g/mol. The van der Waals surface area contributed by atoms with Crippen LogP contribution in [0.4, 0.5) is 0 Å². The number of carbonyl (C=O) groups excluding carboxylic acids is 1. The summed E-state index contributed by atoms with van der Waals surface area (Å²) >= 11 is 0. The number of piperidine rings is 1. The van der Waals surface area contributed by atoms with Gasteiger partial charge in [0.1, 0.15) is 0 Å². The molecule has 1 amide bonds. The first-order valence-corrected chi connectivity index (χ1v) is 8.08. The van der Waals surface area contributed by atoms with Crippen LogP contribution in [0.15, 0.2) is 0 Å². The summed E-state index contributed by atoms with van der Waals surface area (Å²) in [4.78, 5) is 16.8. The van der Waals surface area contributed by atoms with Gasteiger partial charge in [-0.3, -0.25) is 9.69 Å². The molecule has 2 rings (SSSR count). The van der Waals surface area contributed by atoms with Gasteiger partial charge in [0.15, 0.2) is 0 Å². The molecule has 1 unspecified atom stereocenters. The smallest absolute Gasteiger partial charge is 0.237 e. The Kier molecular flexibility index (Phi) is 6.26. The number of likely N-dealkylation sites (tertiary alicyclic amines) is 1. The predicted molar refractivity (Wildman–Crippen MR) is 81.8 cm³/mol. The van der Waals surface area contributed by atoms with E-state index in [0.29, 0.717) is 0 Å². The summed E-state index contributed by atoms with van der Waals surface area (Å²) in [7, 11) is 2.19. The van der Waals surface area contributed by atoms with E-state index in [1.165, 1.54) is 25.9 Å². The van der Waals surface area contributed by atoms with E-state index < -0.39 is 0 Å². The molecule has 2 N–H and O–H groups in total. The zero-order valence-electron chi connectivity index (χ0n) is 13.0. The van der Waals surface area contributed by atoms with Crippen LogP contribution in [-0.2, 0) is 4.79 Å². The monoisotopic (exact) mass is 282 g/mol. The van der Waals surface area contributed by atoms with E-state index in [0.717, 1.165) is 45.1 Å². The highest BCUT2D eigenvalue weighted by atomic mass is 16.2. The molecule has 0 aromatic rings. The van der Waals surface area contributed by atoms with Crippen LogP contribution in [0.5, 0.6) is 0 Å². The summed E-state index contributed by atoms with van der Waals surface area (Å²) in [6.45, 7) is 9.21. The Morgan fingerprint density at radius 3 is 2.55 bits per heavy atom. The van der Waals surface area contributed by atoms with E-state index >= 15 is 0 Å². The molecule has 5 nitrogen and oxygen atoms in total. The Bertz CT molecular complexity index is 296. The van der Waals surface area contributed by atoms with Crippen molar-refractivity contribution in [2.45, 2.75) is 32.2 Å². The van der Waals surface area contributed by atoms with Gasteiger partial charge in [-0.25, -0.2) is 0 Å². The standard InChI is InChI=1S/C15H30N4O/c1-13(19-11-7-16-8-12-19)15(20)17-6-3-14-4-9-18(2)10-5-14/h13-14,16H,3-12H2,1-2H3,(H,17,20). The summed E-state index contributed by atoms with van der Waals surface area (Å²) < 4.78 is 0. The molecule has 0 aromatic heterocycles. The van der Waals surface area contributed by atoms with Gasteiger partial charge in [0.25, 0.3) is 0 Å². The number of piperazine rings is 1. The molecule has 0 bridgehead atoms. The molecule has 2 fully saturated rings. The van der Waals surface area contributed by atoms with Gasteiger partial charge < -0.3 is 15.5 Å². The van der Waals surface area contributed by atoms with Gasteiger partial charge >= 0.3 is 0 Å². The maximum atomic E-state index is 12.2. The molecule has 1 atom stereocenters. The van der Waals surface area contributed by atoms with Gasteiger partial charge in [-0.05, 0) is 52.2 Å². The Labute approximate surface area is 123 Å². The van der Waals surface area contributed by atoms with Crippen LogP contribution in [0.25, 0.3) is 0 Å². The molecular formula is C15H30N4O. The third-order valence-electron chi connectivity index (χ3n) is 4.77. The molecule has 5 heteroatoms. The average Bonchev–Trinajstić information content (AvgIpc) is 2.49. The Hall–Kier alpha value is -0.650. The van der Waals surface area contributed by atoms with Crippen molar-refractivity contribution in [1.29, 1.82) is 0 Å². The first-order valence-electron chi connectivity index (χ1n) is 8.08. The van der Waals surface area contributed by atoms with Crippen molar-refractivity contribution < 1.29 is 4.79 Å². The van der Waals surface area contributed by atoms with Crippen molar-refractivity contribution >= 4 is 5.91 Å². The summed E-state index contributed by atoms with van der Waals surface area (Å²) in [6.07, 6.45) is 3.69. The number of nitrogens with one attached hydrogen (secondary N) is 2. The van der Waals surface area contributed by atoms with Crippen molar-refractivity contribution in [2.75, 3.05) is 52.9 Å². The summed E-state index contributed by atoms with van der Waals surface area (Å²) in [6, 6.07) is 0.00888. The summed E-state index contributed by atoms with van der Waals surface area (Å²) in [5, 5.41) is 6.44. The van der Waals surface area contributed by atoms with E-state index in [2.05, 4.69) is 27.5 Å². The topological polar surface area (TPSA) is 47.6 Å². The first-order chi connectivity index (χ1) is 9.66. The van der Waals surface area contributed by atoms with Gasteiger partial charge in [0, 0.05) is 32.7 Å². The van der Waals surface area contributed by atoms with Crippen LogP contribution in [0.1, 0.15) is 26.2 Å². The van der Waals surface area contributed by atoms with Crippen molar-refractivity contribution in [2.24, 2.45) is 5.92 Å². The van der Waals surface area contributed by atoms with E-state index in [9.17, 15) is 4.79 Å². The quantitative estimate of drug-likeness (QED) is 0.752. The zero-order valence-corrected chi connectivity index (χ0v) is 13.0. The van der Waals surface area contributed by atoms with Gasteiger partial charge in [-0.1, -0.05) is 0 Å². The van der Waals surface area contributed by atoms with Crippen LogP contribution in [0.3, 0.4) is 0 Å². The number of nitrogens with zero attached hydrogens (tertiary/aromatic N) is 2. The lowest BCUT2D eigenvalue weighted by Crippen LogP contribution is -2.52. The van der Waals surface area contributed by atoms with Gasteiger partial charge in [0.2, 0.25) is 5.91 Å². The molecule has 0 radical (unpaired) electrons. The summed E-state index contributed by atoms with van der Waals surface area (Å²) in [5.74, 6) is 0.987. The molecule has 0 aromatic carbocycles. The molecule has 2 aliphatic rings. The number of amides is 1. The second-order valence-electron chi connectivity index (χ2n) is 6.29. The summed E-state index contributed by atoms with van der Waals surface area (Å²) in [5.41, 5.74) is 0. The average molecular weight is 282 g/mol. The molecule has 0 saturated carbocycles. The van der Waals surface area contributed by atoms with E-state index in [-0.39, 0.29) is 11.9 Å². The molecule has 2 heterocycles. The second kappa shape index (κ2) is 7.96. The molecule has 20 heavy (non-hydrogen) atoms. The van der Waals surface area contributed by atoms with Crippen LogP contribution in [-0.4, -0.2) is 74.6 Å². The highest BCUT2D eigenvalue weighted by Gasteiger charge is 2.23. The van der Waals surface area contributed by atoms with Crippen molar-refractivity contribution in [1.82, 2.24) is 20.4 Å². The number of carbonyl (C=O) groups is 1. The van der Waals surface area contributed by atoms with E-state index in [1.807, 2.05) is 6.92 Å². The number of hydrogen-bond donors (Lipinski definition) is 2. The SMILES string of the molecule is CC(C(=O)NCCC1CCN(C)CC1)N1CCNCC1. The third kappa shape index (κ3) is 4.72. The van der Waals surface area contributed by atoms with Crippen molar-refractivity contribution in [3.63, 3.8) is 0 Å². The van der Waals surface area contributed by atoms with Gasteiger partial charge in [0.05, 0.1) is 6.04 Å². The third-order valence-corrected chi connectivity index (χ3v) is 4.77. The van der Waals surface area contributed by atoms with Crippen LogP contribution >= 0.6 is 0 Å². The second-order valence-corrected chi connectivity index (χ2v) is 6.29. The molecule has 0 spiro atoms. The lowest BCUT2D eigenvalue weighted by Gasteiger charge is -2.32. The Balaban J connectivity index is 1.61. The molecule has 116 valence electrons. The zero-order chi connectivity index (χ0) is 14.4. The Morgan fingerprint density at radius 2 is 1.90 bits per heavy atom. The Morgan fingerprint density at radius 1 is 1.25 bits per heavy atom. The van der Waals surface area contributed by atoms with Crippen molar-refractivity contribution in [3.05, 3.63) is 0 Å². The van der Waals surface area contributed by atoms with Crippen LogP contribution < -0.4 is 10.6 Å². The van der Waals surface area contributed by atoms with Crippen LogP contribution in [0.2, 0.25) is 0 Å². The molecule has 0 aliphatic carbocycles. The minimum atomic E-state index is 0.00888. The normalized spacial score (nSPS) is 24.5. The maximum absolute atomic E-state index is 12.2. The fourth-order valence-electron chi connectivity index (χ4n) is 3.13. The minimum absolute atomic E-state index is 0.00888. The van der Waals surface area contributed by atoms with E-state index in [4.69, 9.17) is 0 Å². The highest BCUT2D eigenvalue weighted by molar-refractivity contribution is 5.81. The lowest BCUT2D eigenvalue weighted by atomic mass is 9.94. The van der Waals surface area contributed by atoms with Crippen LogP contribution in [0, 0.1) is 5.92 Å². The first kappa shape index (κ1) is 15.7. The van der Waals surface area contributed by atoms with Crippen molar-refractivity contribution in [3.8, 4) is 0 Å². The highest BCUT2D eigenvalue weighted by Crippen LogP contribution is 2.18. The van der Waals surface area contributed by atoms with Gasteiger partial charge in [-0.15, -0.1) is 0 Å². The largest absolute Gasteiger partial charge is 0.355 e. The fraction of sp³-hybridized carbons (Fsp3) is 0.933. The molecule has 2 saturated heterocycles. The predicted octanol–water partition coefficient (Wildman–Crippen LogP) is 0.128. The van der Waals surface area contributed by atoms with Gasteiger partial charge in [-0.2, -0.15) is 0 Å². The number of rotatable bonds is 5. The minimum Gasteiger partial charge on any atom is -0.355 e. The fourth-order valence-corrected chi connectivity index (χ4v) is 3.13. The lowest BCUT2D eigenvalue weighted by molar-refractivity contribution is -0.126. The number of hydrogen-bond acceptors (Lipinski definition) is 4. The van der Waals surface area contributed by atoms with E-state index in [1.54, 1.807) is 0 Å².